The van der Waals surface area contributed by atoms with Crippen molar-refractivity contribution in [1.29, 1.82) is 0 Å². The van der Waals surface area contributed by atoms with E-state index in [4.69, 9.17) is 5.73 Å². The molecule has 120 valence electrons. The topological polar surface area (TPSA) is 111 Å². The highest BCUT2D eigenvalue weighted by Crippen LogP contribution is 2.26. The molecule has 0 saturated carbocycles. The van der Waals surface area contributed by atoms with Crippen LogP contribution in [0.3, 0.4) is 0 Å². The van der Waals surface area contributed by atoms with Crippen molar-refractivity contribution < 1.29 is 4.79 Å². The fraction of sp³-hybridized carbons (Fsp3) is 0.357. The number of nitrogen functional groups attached to an aromatic ring is 1. The molecule has 0 radical (unpaired) electrons. The molecule has 0 spiro atoms. The maximum Gasteiger partial charge on any atom is 0.278 e. The molecule has 0 atom stereocenters. The number of nitrogens with zero attached hydrogens (tertiary/aromatic N) is 5. The van der Waals surface area contributed by atoms with Gasteiger partial charge in [0.1, 0.15) is 18.0 Å². The van der Waals surface area contributed by atoms with Crippen LogP contribution in [0.15, 0.2) is 21.9 Å². The van der Waals surface area contributed by atoms with Crippen LogP contribution in [0.2, 0.25) is 0 Å². The van der Waals surface area contributed by atoms with Gasteiger partial charge < -0.3 is 11.1 Å². The number of hydrogen-bond donors (Lipinski definition) is 2. The third kappa shape index (κ3) is 2.83. The van der Waals surface area contributed by atoms with Gasteiger partial charge in [-0.15, -0.1) is 0 Å². The first kappa shape index (κ1) is 15.6. The van der Waals surface area contributed by atoms with E-state index in [0.717, 1.165) is 4.48 Å². The number of rotatable bonds is 1. The Hall–Kier alpha value is -2.29. The Bertz CT molecular complexity index is 860. The number of nitrogens with one attached hydrogen (secondary N) is 1. The van der Waals surface area contributed by atoms with Crippen molar-refractivity contribution in [3.05, 3.63) is 22.6 Å². The molecule has 3 heterocycles. The molecule has 0 aromatic carbocycles. The summed E-state index contributed by atoms with van der Waals surface area (Å²) in [6.07, 6.45) is 3.12. The van der Waals surface area contributed by atoms with Crippen LogP contribution < -0.4 is 11.1 Å². The lowest BCUT2D eigenvalue weighted by atomic mass is 10.1. The number of halogens is 1. The minimum Gasteiger partial charge on any atom is -0.383 e. The minimum atomic E-state index is -0.392. The molecule has 0 saturated heterocycles. The highest BCUT2D eigenvalue weighted by atomic mass is 79.9. The number of amides is 1. The van der Waals surface area contributed by atoms with Crippen LogP contribution in [0.5, 0.6) is 0 Å². The molecular weight excluding hydrogens is 362 g/mol. The third-order valence-corrected chi connectivity index (χ3v) is 3.76. The van der Waals surface area contributed by atoms with Gasteiger partial charge in [0.25, 0.3) is 5.91 Å². The molecular formula is C14H16BrN7O. The zero-order valence-electron chi connectivity index (χ0n) is 13.0. The molecule has 3 rings (SSSR count). The van der Waals surface area contributed by atoms with E-state index in [1.807, 2.05) is 20.8 Å². The summed E-state index contributed by atoms with van der Waals surface area (Å²) in [6, 6.07) is 0. The Morgan fingerprint density at radius 3 is 2.74 bits per heavy atom. The van der Waals surface area contributed by atoms with E-state index in [9.17, 15) is 4.79 Å². The summed E-state index contributed by atoms with van der Waals surface area (Å²) in [7, 11) is 0. The molecule has 0 unspecified atom stereocenters. The molecule has 2 aromatic heterocycles. The second-order valence-corrected chi connectivity index (χ2v) is 7.15. The van der Waals surface area contributed by atoms with Gasteiger partial charge in [0.05, 0.1) is 17.5 Å². The molecule has 9 heteroatoms. The second kappa shape index (κ2) is 5.41. The van der Waals surface area contributed by atoms with Crippen LogP contribution in [0.1, 0.15) is 31.3 Å². The van der Waals surface area contributed by atoms with E-state index in [2.05, 4.69) is 41.3 Å². The molecule has 1 aliphatic rings. The standard InChI is InChI=1S/C14H16BrN7O/c1-14(2,3)22-12-9(11(16)18-6-19-12)10(21-22)13(23)20-8-4-7(15)5-17-8/h4,6H,5H2,1-3H3,(H2,16,18,19)(H,17,20,23). The maximum absolute atomic E-state index is 12.6. The van der Waals surface area contributed by atoms with Gasteiger partial charge in [-0.05, 0) is 26.8 Å². The lowest BCUT2D eigenvalue weighted by Crippen LogP contribution is -2.30. The SMILES string of the molecule is CC(C)(C)n1nc(C(=O)NC2=NCC(Br)=C2)c2c(N)ncnc21. The Balaban J connectivity index is 2.09. The number of carbonyl (C=O) groups excluding carboxylic acids is 1. The second-order valence-electron chi connectivity index (χ2n) is 6.14. The zero-order valence-corrected chi connectivity index (χ0v) is 14.5. The first-order valence-electron chi connectivity index (χ1n) is 6.99. The lowest BCUT2D eigenvalue weighted by molar-refractivity contribution is 0.0972. The van der Waals surface area contributed by atoms with Gasteiger partial charge in [-0.2, -0.15) is 5.10 Å². The summed E-state index contributed by atoms with van der Waals surface area (Å²) >= 11 is 3.34. The van der Waals surface area contributed by atoms with Crippen molar-refractivity contribution in [2.45, 2.75) is 26.3 Å². The fourth-order valence-corrected chi connectivity index (χ4v) is 2.59. The van der Waals surface area contributed by atoms with Crippen molar-refractivity contribution in [2.75, 3.05) is 12.3 Å². The van der Waals surface area contributed by atoms with Gasteiger partial charge in [0.15, 0.2) is 11.3 Å². The van der Waals surface area contributed by atoms with E-state index in [1.165, 1.54) is 6.33 Å². The summed E-state index contributed by atoms with van der Waals surface area (Å²) in [4.78, 5) is 25.0. The summed E-state index contributed by atoms with van der Waals surface area (Å²) in [5.74, 6) is 0.313. The maximum atomic E-state index is 12.6. The number of fused-ring (bicyclic) bond motifs is 1. The van der Waals surface area contributed by atoms with Gasteiger partial charge in [-0.3, -0.25) is 9.79 Å². The average Bonchev–Trinajstić information content (AvgIpc) is 3.03. The molecule has 0 fully saturated rings. The number of carbonyl (C=O) groups is 1. The van der Waals surface area contributed by atoms with Gasteiger partial charge in [-0.1, -0.05) is 15.9 Å². The van der Waals surface area contributed by atoms with E-state index in [0.29, 0.717) is 23.4 Å². The van der Waals surface area contributed by atoms with Crippen LogP contribution >= 0.6 is 15.9 Å². The Kier molecular flexibility index (Phi) is 3.67. The predicted molar refractivity (Wildman–Crippen MR) is 91.5 cm³/mol. The summed E-state index contributed by atoms with van der Waals surface area (Å²) in [6.45, 7) is 6.43. The van der Waals surface area contributed by atoms with Crippen molar-refractivity contribution in [1.82, 2.24) is 25.1 Å². The smallest absolute Gasteiger partial charge is 0.278 e. The van der Waals surface area contributed by atoms with Crippen LogP contribution in [-0.2, 0) is 5.54 Å². The highest BCUT2D eigenvalue weighted by molar-refractivity contribution is 9.11. The molecule has 1 amide bonds. The van der Waals surface area contributed by atoms with Crippen molar-refractivity contribution >= 4 is 44.5 Å². The Morgan fingerprint density at radius 1 is 1.39 bits per heavy atom. The largest absolute Gasteiger partial charge is 0.383 e. The summed E-state index contributed by atoms with van der Waals surface area (Å²) in [5, 5.41) is 7.59. The third-order valence-electron chi connectivity index (χ3n) is 3.28. The molecule has 2 aromatic rings. The zero-order chi connectivity index (χ0) is 16.8. The quantitative estimate of drug-likeness (QED) is 0.783. The summed E-state index contributed by atoms with van der Waals surface area (Å²) < 4.78 is 2.58. The number of nitrogens with two attached hydrogens (primary N) is 1. The average molecular weight is 378 g/mol. The van der Waals surface area contributed by atoms with E-state index in [1.54, 1.807) is 10.8 Å². The molecule has 3 N–H and O–H groups in total. The van der Waals surface area contributed by atoms with Gasteiger partial charge in [0, 0.05) is 4.48 Å². The predicted octanol–water partition coefficient (Wildman–Crippen LogP) is 1.58. The summed E-state index contributed by atoms with van der Waals surface area (Å²) in [5.41, 5.74) is 6.31. The number of aliphatic imine (C=N–C) groups is 1. The number of aromatic nitrogens is 4. The monoisotopic (exact) mass is 377 g/mol. The number of amidine groups is 1. The van der Waals surface area contributed by atoms with Gasteiger partial charge in [-0.25, -0.2) is 14.6 Å². The van der Waals surface area contributed by atoms with Crippen LogP contribution in [0.4, 0.5) is 5.82 Å². The molecule has 8 nitrogen and oxygen atoms in total. The van der Waals surface area contributed by atoms with E-state index in [-0.39, 0.29) is 17.1 Å². The molecule has 0 aliphatic carbocycles. The lowest BCUT2D eigenvalue weighted by Gasteiger charge is -2.19. The minimum absolute atomic E-state index is 0.187. The van der Waals surface area contributed by atoms with E-state index >= 15 is 0 Å². The number of anilines is 1. The van der Waals surface area contributed by atoms with E-state index < -0.39 is 5.91 Å². The first-order valence-corrected chi connectivity index (χ1v) is 7.78. The Morgan fingerprint density at radius 2 is 2.13 bits per heavy atom. The number of hydrogen-bond acceptors (Lipinski definition) is 6. The van der Waals surface area contributed by atoms with Crippen LogP contribution in [0.25, 0.3) is 11.0 Å². The van der Waals surface area contributed by atoms with Gasteiger partial charge >= 0.3 is 0 Å². The highest BCUT2D eigenvalue weighted by Gasteiger charge is 2.27. The van der Waals surface area contributed by atoms with Gasteiger partial charge in [0.2, 0.25) is 0 Å². The molecule has 1 aliphatic heterocycles. The normalized spacial score (nSPS) is 14.8. The van der Waals surface area contributed by atoms with Crippen molar-refractivity contribution in [3.63, 3.8) is 0 Å². The van der Waals surface area contributed by atoms with Crippen LogP contribution in [-0.4, -0.2) is 38.0 Å². The fourth-order valence-electron chi connectivity index (χ4n) is 2.25. The van der Waals surface area contributed by atoms with Crippen molar-refractivity contribution in [3.8, 4) is 0 Å². The van der Waals surface area contributed by atoms with Crippen LogP contribution in [0, 0.1) is 0 Å². The Labute approximate surface area is 141 Å². The molecule has 23 heavy (non-hydrogen) atoms. The molecule has 0 bridgehead atoms. The first-order chi connectivity index (χ1) is 10.8. The van der Waals surface area contributed by atoms with Crippen molar-refractivity contribution in [2.24, 2.45) is 4.99 Å².